The standard InChI is InChI=1S/C13H21N3O4/c1-16-4-5-20-11(8-16)7-14-13(19)15-10-3-2-9(6-10)12(17)18/h2-3,9-11H,4-8H2,1H3,(H,17,18)(H2,14,15,19). The molecule has 2 aliphatic rings. The number of amides is 2. The van der Waals surface area contributed by atoms with E-state index in [0.717, 1.165) is 13.1 Å². The first kappa shape index (κ1) is 14.8. The summed E-state index contributed by atoms with van der Waals surface area (Å²) >= 11 is 0. The van der Waals surface area contributed by atoms with Crippen LogP contribution in [0.1, 0.15) is 6.42 Å². The van der Waals surface area contributed by atoms with Crippen molar-refractivity contribution < 1.29 is 19.4 Å². The lowest BCUT2D eigenvalue weighted by Gasteiger charge is -2.30. The molecule has 3 atom stereocenters. The molecule has 3 unspecified atom stereocenters. The van der Waals surface area contributed by atoms with Crippen LogP contribution in [0, 0.1) is 5.92 Å². The van der Waals surface area contributed by atoms with Gasteiger partial charge in [-0.25, -0.2) is 4.79 Å². The molecule has 0 aromatic rings. The normalized spacial score (nSPS) is 30.1. The predicted molar refractivity (Wildman–Crippen MR) is 72.4 cm³/mol. The average molecular weight is 283 g/mol. The first-order valence-corrected chi connectivity index (χ1v) is 6.80. The highest BCUT2D eigenvalue weighted by atomic mass is 16.5. The molecule has 2 rings (SSSR count). The van der Waals surface area contributed by atoms with Gasteiger partial charge in [0.2, 0.25) is 0 Å². The van der Waals surface area contributed by atoms with Gasteiger partial charge in [0.05, 0.1) is 24.7 Å². The number of rotatable bonds is 4. The summed E-state index contributed by atoms with van der Waals surface area (Å²) in [5.41, 5.74) is 0. The molecule has 0 aromatic carbocycles. The molecule has 20 heavy (non-hydrogen) atoms. The van der Waals surface area contributed by atoms with Crippen molar-refractivity contribution in [2.75, 3.05) is 33.3 Å². The summed E-state index contributed by atoms with van der Waals surface area (Å²) < 4.78 is 5.54. The van der Waals surface area contributed by atoms with Gasteiger partial charge in [0.25, 0.3) is 0 Å². The highest BCUT2D eigenvalue weighted by Gasteiger charge is 2.25. The molecule has 0 aromatic heterocycles. The summed E-state index contributed by atoms with van der Waals surface area (Å²) in [6.45, 7) is 2.84. The highest BCUT2D eigenvalue weighted by Crippen LogP contribution is 2.17. The Hall–Kier alpha value is -1.60. The van der Waals surface area contributed by atoms with Gasteiger partial charge in [-0.15, -0.1) is 0 Å². The van der Waals surface area contributed by atoms with Crippen LogP contribution in [0.2, 0.25) is 0 Å². The van der Waals surface area contributed by atoms with Crippen molar-refractivity contribution in [1.82, 2.24) is 15.5 Å². The van der Waals surface area contributed by atoms with Gasteiger partial charge in [0.1, 0.15) is 0 Å². The molecule has 1 aliphatic heterocycles. The SMILES string of the molecule is CN1CCOC(CNC(=O)NC2C=CC(C(=O)O)C2)C1. The quantitative estimate of drug-likeness (QED) is 0.613. The molecule has 3 N–H and O–H groups in total. The molecule has 2 amide bonds. The maximum absolute atomic E-state index is 11.7. The minimum Gasteiger partial charge on any atom is -0.481 e. The van der Waals surface area contributed by atoms with Gasteiger partial charge in [-0.1, -0.05) is 12.2 Å². The number of morpholine rings is 1. The van der Waals surface area contributed by atoms with Crippen molar-refractivity contribution in [2.45, 2.75) is 18.6 Å². The average Bonchev–Trinajstić information content (AvgIpc) is 2.85. The molecule has 1 heterocycles. The Balaban J connectivity index is 1.66. The minimum atomic E-state index is -0.857. The number of nitrogens with zero attached hydrogens (tertiary/aromatic N) is 1. The van der Waals surface area contributed by atoms with E-state index < -0.39 is 11.9 Å². The second-order valence-corrected chi connectivity index (χ2v) is 5.28. The van der Waals surface area contributed by atoms with E-state index in [2.05, 4.69) is 15.5 Å². The smallest absolute Gasteiger partial charge is 0.315 e. The molecule has 1 fully saturated rings. The molecule has 7 heteroatoms. The second kappa shape index (κ2) is 6.71. The molecular formula is C13H21N3O4. The maximum Gasteiger partial charge on any atom is 0.315 e. The number of carbonyl (C=O) groups excluding carboxylic acids is 1. The Morgan fingerprint density at radius 2 is 2.25 bits per heavy atom. The number of hydrogen-bond acceptors (Lipinski definition) is 4. The van der Waals surface area contributed by atoms with Crippen LogP contribution in [0.15, 0.2) is 12.2 Å². The van der Waals surface area contributed by atoms with Crippen molar-refractivity contribution in [2.24, 2.45) is 5.92 Å². The summed E-state index contributed by atoms with van der Waals surface area (Å²) in [5.74, 6) is -1.36. The van der Waals surface area contributed by atoms with Crippen molar-refractivity contribution in [3.8, 4) is 0 Å². The Bertz CT molecular complexity index is 399. The molecule has 0 spiro atoms. The van der Waals surface area contributed by atoms with Crippen molar-refractivity contribution >= 4 is 12.0 Å². The first-order chi connectivity index (χ1) is 9.54. The number of aliphatic carboxylic acids is 1. The Kier molecular flexibility index (Phi) is 4.97. The first-order valence-electron chi connectivity index (χ1n) is 6.80. The third kappa shape index (κ3) is 4.21. The molecule has 0 bridgehead atoms. The van der Waals surface area contributed by atoms with Crippen LogP contribution in [-0.4, -0.2) is 67.4 Å². The minimum absolute atomic E-state index is 0.00499. The second-order valence-electron chi connectivity index (χ2n) is 5.28. The Morgan fingerprint density at radius 1 is 1.45 bits per heavy atom. The lowest BCUT2D eigenvalue weighted by atomic mass is 10.1. The van der Waals surface area contributed by atoms with Gasteiger partial charge in [-0.3, -0.25) is 4.79 Å². The molecule has 1 saturated heterocycles. The van der Waals surface area contributed by atoms with Crippen LogP contribution in [-0.2, 0) is 9.53 Å². The summed E-state index contributed by atoms with van der Waals surface area (Å²) in [7, 11) is 2.02. The number of nitrogens with one attached hydrogen (secondary N) is 2. The molecular weight excluding hydrogens is 262 g/mol. The van der Waals surface area contributed by atoms with Crippen LogP contribution in [0.5, 0.6) is 0 Å². The molecule has 112 valence electrons. The fourth-order valence-electron chi connectivity index (χ4n) is 2.41. The van der Waals surface area contributed by atoms with E-state index in [9.17, 15) is 9.59 Å². The van der Waals surface area contributed by atoms with E-state index in [1.165, 1.54) is 0 Å². The van der Waals surface area contributed by atoms with E-state index in [1.54, 1.807) is 12.2 Å². The van der Waals surface area contributed by atoms with Crippen molar-refractivity contribution in [1.29, 1.82) is 0 Å². The number of hydrogen-bond donors (Lipinski definition) is 3. The number of likely N-dealkylation sites (N-methyl/N-ethyl adjacent to an activating group) is 1. The Labute approximate surface area is 118 Å². The van der Waals surface area contributed by atoms with Gasteiger partial charge in [0, 0.05) is 19.6 Å². The maximum atomic E-state index is 11.7. The summed E-state index contributed by atoms with van der Waals surface area (Å²) in [6.07, 6.45) is 3.76. The topological polar surface area (TPSA) is 90.9 Å². The van der Waals surface area contributed by atoms with Crippen LogP contribution in [0.25, 0.3) is 0 Å². The summed E-state index contributed by atoms with van der Waals surface area (Å²) in [5, 5.41) is 14.4. The van der Waals surface area contributed by atoms with E-state index in [4.69, 9.17) is 9.84 Å². The monoisotopic (exact) mass is 283 g/mol. The summed E-state index contributed by atoms with van der Waals surface area (Å²) in [6, 6.07) is -0.506. The zero-order chi connectivity index (χ0) is 14.5. The van der Waals surface area contributed by atoms with Gasteiger partial charge < -0.3 is 25.4 Å². The zero-order valence-corrected chi connectivity index (χ0v) is 11.5. The number of carboxylic acid groups (broad SMARTS) is 1. The fraction of sp³-hybridized carbons (Fsp3) is 0.692. The number of carbonyl (C=O) groups is 2. The molecule has 1 aliphatic carbocycles. The van der Waals surface area contributed by atoms with E-state index >= 15 is 0 Å². The molecule has 0 saturated carbocycles. The largest absolute Gasteiger partial charge is 0.481 e. The van der Waals surface area contributed by atoms with E-state index in [1.807, 2.05) is 7.05 Å². The van der Waals surface area contributed by atoms with E-state index in [-0.39, 0.29) is 18.2 Å². The fourth-order valence-corrected chi connectivity index (χ4v) is 2.41. The predicted octanol–water partition coefficient (Wildman–Crippen LogP) is -0.354. The van der Waals surface area contributed by atoms with Crippen LogP contribution in [0.4, 0.5) is 4.79 Å². The zero-order valence-electron chi connectivity index (χ0n) is 11.5. The lowest BCUT2D eigenvalue weighted by molar-refractivity contribution is -0.140. The Morgan fingerprint density at radius 3 is 2.90 bits per heavy atom. The highest BCUT2D eigenvalue weighted by molar-refractivity contribution is 5.76. The van der Waals surface area contributed by atoms with Crippen molar-refractivity contribution in [3.05, 3.63) is 12.2 Å². The summed E-state index contributed by atoms with van der Waals surface area (Å²) in [4.78, 5) is 24.7. The number of carboxylic acids is 1. The third-order valence-corrected chi connectivity index (χ3v) is 3.55. The molecule has 7 nitrogen and oxygen atoms in total. The third-order valence-electron chi connectivity index (χ3n) is 3.55. The number of urea groups is 1. The van der Waals surface area contributed by atoms with Gasteiger partial charge >= 0.3 is 12.0 Å². The van der Waals surface area contributed by atoms with Gasteiger partial charge in [0.15, 0.2) is 0 Å². The van der Waals surface area contributed by atoms with Crippen LogP contribution in [0.3, 0.4) is 0 Å². The van der Waals surface area contributed by atoms with Crippen LogP contribution >= 0.6 is 0 Å². The molecule has 0 radical (unpaired) electrons. The van der Waals surface area contributed by atoms with Gasteiger partial charge in [-0.05, 0) is 13.5 Å². The van der Waals surface area contributed by atoms with Crippen LogP contribution < -0.4 is 10.6 Å². The lowest BCUT2D eigenvalue weighted by Crippen LogP contribution is -2.49. The van der Waals surface area contributed by atoms with E-state index in [0.29, 0.717) is 19.6 Å². The van der Waals surface area contributed by atoms with Crippen molar-refractivity contribution in [3.63, 3.8) is 0 Å². The van der Waals surface area contributed by atoms with Gasteiger partial charge in [-0.2, -0.15) is 0 Å². The number of ether oxygens (including phenoxy) is 1.